The summed E-state index contributed by atoms with van der Waals surface area (Å²) in [4.78, 5) is 2.50. The van der Waals surface area contributed by atoms with Crippen LogP contribution in [0, 0.1) is 0 Å². The van der Waals surface area contributed by atoms with E-state index in [2.05, 4.69) is 32.7 Å². The maximum atomic E-state index is 2.50. The van der Waals surface area contributed by atoms with Crippen molar-refractivity contribution >= 4 is 21.4 Å². The zero-order valence-electron chi connectivity index (χ0n) is 11.4. The van der Waals surface area contributed by atoms with Crippen molar-refractivity contribution in [2.45, 2.75) is 59.0 Å². The van der Waals surface area contributed by atoms with Crippen LogP contribution in [0.25, 0.3) is 0 Å². The van der Waals surface area contributed by atoms with Gasteiger partial charge >= 0.3 is 105 Å². The second-order valence-corrected chi connectivity index (χ2v) is 14.8. The molecule has 0 atom stereocenters. The van der Waals surface area contributed by atoms with Gasteiger partial charge < -0.3 is 0 Å². The number of rotatable bonds is 10. The van der Waals surface area contributed by atoms with Gasteiger partial charge in [-0.1, -0.05) is 0 Å². The molecule has 0 aliphatic carbocycles. The van der Waals surface area contributed by atoms with Crippen LogP contribution >= 0.6 is 0 Å². The third-order valence-corrected chi connectivity index (χ3v) is 14.6. The van der Waals surface area contributed by atoms with Crippen molar-refractivity contribution in [3.05, 3.63) is 0 Å². The standard InChI is InChI=1S/C7H16N.2C3H7.In/c1-4-6-8(3)7-5-2;2*1-3-2;/h1,4-7H2,2-3H3;2*1,3H2,2H3;. The van der Waals surface area contributed by atoms with Crippen molar-refractivity contribution in [1.82, 2.24) is 4.90 Å². The molecule has 0 radical (unpaired) electrons. The molecule has 0 spiro atoms. The molecule has 1 nitrogen and oxygen atoms in total. The number of hydrogen-bond acceptors (Lipinski definition) is 1. The Morgan fingerprint density at radius 1 is 0.800 bits per heavy atom. The maximum absolute atomic E-state index is 2.50. The molecular weight excluding hydrogens is 285 g/mol. The van der Waals surface area contributed by atoms with Crippen molar-refractivity contribution in [3.8, 4) is 0 Å². The van der Waals surface area contributed by atoms with E-state index in [1.54, 1.807) is 12.5 Å². The Balaban J connectivity index is 3.51. The van der Waals surface area contributed by atoms with Gasteiger partial charge in [0.25, 0.3) is 0 Å². The average Bonchev–Trinajstić information content (AvgIpc) is 2.19. The summed E-state index contributed by atoms with van der Waals surface area (Å²) in [5.74, 6) is 0. The molecule has 15 heavy (non-hydrogen) atoms. The quantitative estimate of drug-likeness (QED) is 0.588. The third-order valence-electron chi connectivity index (χ3n) is 3.15. The fraction of sp³-hybridized carbons (Fsp3) is 1.00. The molecule has 0 unspecified atom stereocenters. The van der Waals surface area contributed by atoms with Crippen LogP contribution in [0.15, 0.2) is 0 Å². The monoisotopic (exact) mass is 315 g/mol. The van der Waals surface area contributed by atoms with Gasteiger partial charge in [-0.3, -0.25) is 0 Å². The van der Waals surface area contributed by atoms with Crippen molar-refractivity contribution in [3.63, 3.8) is 0 Å². The Morgan fingerprint density at radius 2 is 1.40 bits per heavy atom. The molecule has 0 saturated carbocycles. The molecule has 0 rings (SSSR count). The second-order valence-electron chi connectivity index (χ2n) is 4.89. The molecule has 0 amide bonds. The first-order chi connectivity index (χ1) is 7.24. The molecule has 0 saturated heterocycles. The van der Waals surface area contributed by atoms with Gasteiger partial charge in [-0.05, 0) is 0 Å². The second kappa shape index (κ2) is 11.3. The molecule has 0 aromatic carbocycles. The van der Waals surface area contributed by atoms with Gasteiger partial charge in [0.2, 0.25) is 0 Å². The van der Waals surface area contributed by atoms with E-state index in [0.717, 1.165) is 0 Å². The first-order valence-electron chi connectivity index (χ1n) is 6.93. The molecule has 90 valence electrons. The van der Waals surface area contributed by atoms with E-state index in [9.17, 15) is 0 Å². The van der Waals surface area contributed by atoms with Crippen molar-refractivity contribution < 1.29 is 0 Å². The molecule has 0 fully saturated rings. The van der Waals surface area contributed by atoms with Crippen LogP contribution in [-0.2, 0) is 0 Å². The fourth-order valence-corrected chi connectivity index (χ4v) is 11.7. The molecule has 2 heteroatoms. The minimum atomic E-state index is -1.02. The van der Waals surface area contributed by atoms with Crippen LogP contribution < -0.4 is 0 Å². The summed E-state index contributed by atoms with van der Waals surface area (Å²) in [7, 11) is 2.27. The van der Waals surface area contributed by atoms with Crippen LogP contribution in [0.4, 0.5) is 0 Å². The number of hydrogen-bond donors (Lipinski definition) is 0. The van der Waals surface area contributed by atoms with E-state index in [1.807, 2.05) is 0 Å². The van der Waals surface area contributed by atoms with Crippen LogP contribution in [0.5, 0.6) is 0 Å². The van der Waals surface area contributed by atoms with Crippen molar-refractivity contribution in [2.24, 2.45) is 0 Å². The summed E-state index contributed by atoms with van der Waals surface area (Å²) >= 11 is -1.02. The summed E-state index contributed by atoms with van der Waals surface area (Å²) in [6.45, 7) is 9.62. The number of nitrogens with zero attached hydrogens (tertiary/aromatic N) is 1. The Hall–Kier alpha value is 0.830. The SMILES string of the molecule is CCCN(C)CC[CH2][In]([CH2]CC)[CH2]CC. The van der Waals surface area contributed by atoms with Crippen LogP contribution in [0.2, 0.25) is 12.5 Å². The van der Waals surface area contributed by atoms with E-state index in [-0.39, 0.29) is 0 Å². The Morgan fingerprint density at radius 3 is 1.87 bits per heavy atom. The molecule has 0 aliphatic rings. The van der Waals surface area contributed by atoms with Gasteiger partial charge in [0.05, 0.1) is 0 Å². The first kappa shape index (κ1) is 15.8. The van der Waals surface area contributed by atoms with E-state index >= 15 is 0 Å². The summed E-state index contributed by atoms with van der Waals surface area (Å²) in [5, 5.41) is 0. The molecule has 0 aliphatic heterocycles. The first-order valence-corrected chi connectivity index (χ1v) is 13.9. The van der Waals surface area contributed by atoms with Crippen molar-refractivity contribution in [1.29, 1.82) is 0 Å². The molecular formula is C13H30InN. The van der Waals surface area contributed by atoms with Gasteiger partial charge in [0.15, 0.2) is 0 Å². The summed E-state index contributed by atoms with van der Waals surface area (Å²) in [6, 6.07) is 0. The van der Waals surface area contributed by atoms with E-state index in [1.165, 1.54) is 38.8 Å². The molecule has 0 aromatic rings. The van der Waals surface area contributed by atoms with Gasteiger partial charge in [0.1, 0.15) is 0 Å². The molecule has 0 aromatic heterocycles. The zero-order chi connectivity index (χ0) is 11.5. The molecule has 0 bridgehead atoms. The Kier molecular flexibility index (Phi) is 11.9. The summed E-state index contributed by atoms with van der Waals surface area (Å²) < 4.78 is 4.94. The predicted octanol–water partition coefficient (Wildman–Crippen LogP) is 4.03. The average molecular weight is 315 g/mol. The van der Waals surface area contributed by atoms with Crippen LogP contribution in [0.3, 0.4) is 0 Å². The van der Waals surface area contributed by atoms with Crippen LogP contribution in [-0.4, -0.2) is 46.5 Å². The Labute approximate surface area is 105 Å². The molecule has 0 heterocycles. The van der Waals surface area contributed by atoms with E-state index < -0.39 is 21.4 Å². The van der Waals surface area contributed by atoms with Crippen molar-refractivity contribution in [2.75, 3.05) is 20.1 Å². The predicted molar refractivity (Wildman–Crippen MR) is 73.2 cm³/mol. The fourth-order valence-electron chi connectivity index (χ4n) is 2.39. The molecule has 0 N–H and O–H groups in total. The topological polar surface area (TPSA) is 3.24 Å². The van der Waals surface area contributed by atoms with E-state index in [4.69, 9.17) is 0 Å². The van der Waals surface area contributed by atoms with Gasteiger partial charge in [-0.2, -0.15) is 0 Å². The zero-order valence-corrected chi connectivity index (χ0v) is 14.7. The van der Waals surface area contributed by atoms with Gasteiger partial charge in [-0.25, -0.2) is 0 Å². The minimum absolute atomic E-state index is 1.02. The summed E-state index contributed by atoms with van der Waals surface area (Å²) in [6.07, 6.45) is 5.68. The third kappa shape index (κ3) is 9.74. The summed E-state index contributed by atoms with van der Waals surface area (Å²) in [5.41, 5.74) is 0. The van der Waals surface area contributed by atoms with Gasteiger partial charge in [-0.15, -0.1) is 0 Å². The normalized spacial score (nSPS) is 11.0. The van der Waals surface area contributed by atoms with E-state index in [0.29, 0.717) is 0 Å². The Bertz CT molecular complexity index is 122. The van der Waals surface area contributed by atoms with Gasteiger partial charge in [0, 0.05) is 0 Å². The van der Waals surface area contributed by atoms with Crippen LogP contribution in [0.1, 0.15) is 46.5 Å².